The van der Waals surface area contributed by atoms with Crippen LogP contribution in [0, 0.1) is 0 Å². The highest BCUT2D eigenvalue weighted by atomic mass is 32.1. The van der Waals surface area contributed by atoms with E-state index in [4.69, 9.17) is 4.98 Å². The van der Waals surface area contributed by atoms with Gasteiger partial charge in [0.2, 0.25) is 0 Å². The molecule has 0 aliphatic carbocycles. The Morgan fingerprint density at radius 2 is 1.70 bits per heavy atom. The molecule has 0 fully saturated rings. The van der Waals surface area contributed by atoms with Crippen LogP contribution in [0.4, 0.5) is 0 Å². The minimum atomic E-state index is -0.119. The molecule has 3 nitrogen and oxygen atoms in total. The monoisotopic (exact) mass is 325 g/mol. The molecule has 1 aromatic carbocycles. The van der Waals surface area contributed by atoms with E-state index in [1.807, 2.05) is 36.7 Å². The van der Waals surface area contributed by atoms with E-state index >= 15 is 0 Å². The van der Waals surface area contributed by atoms with Gasteiger partial charge in [-0.3, -0.25) is 0 Å². The van der Waals surface area contributed by atoms with Crippen molar-refractivity contribution in [2.75, 3.05) is 0 Å². The van der Waals surface area contributed by atoms with Gasteiger partial charge in [-0.05, 0) is 12.5 Å². The van der Waals surface area contributed by atoms with Crippen LogP contribution in [-0.2, 0) is 17.3 Å². The van der Waals surface area contributed by atoms with Crippen LogP contribution >= 0.6 is 11.3 Å². The highest BCUT2D eigenvalue weighted by Crippen LogP contribution is 2.32. The molecule has 0 saturated carbocycles. The molecule has 0 radical (unpaired) electrons. The SMILES string of the molecule is CC(C)(C)c1ncc(CC(C)(C)c2ncc3ccccc3n2)s1. The lowest BCUT2D eigenvalue weighted by Crippen LogP contribution is -2.23. The van der Waals surface area contributed by atoms with Crippen LogP contribution in [0.15, 0.2) is 36.7 Å². The zero-order chi connectivity index (χ0) is 16.7. The predicted molar refractivity (Wildman–Crippen MR) is 97.1 cm³/mol. The van der Waals surface area contributed by atoms with Gasteiger partial charge in [-0.2, -0.15) is 0 Å². The van der Waals surface area contributed by atoms with Crippen LogP contribution in [0.25, 0.3) is 10.9 Å². The standard InChI is InChI=1S/C19H23N3S/c1-18(2,3)17-21-12-14(23-17)10-19(4,5)16-20-11-13-8-6-7-9-15(13)22-16/h6-9,11-12H,10H2,1-5H3. The van der Waals surface area contributed by atoms with E-state index in [0.717, 1.165) is 23.1 Å². The van der Waals surface area contributed by atoms with Gasteiger partial charge in [0.1, 0.15) is 5.82 Å². The topological polar surface area (TPSA) is 38.7 Å². The number of nitrogens with zero attached hydrogens (tertiary/aromatic N) is 3. The van der Waals surface area contributed by atoms with Gasteiger partial charge in [-0.15, -0.1) is 11.3 Å². The van der Waals surface area contributed by atoms with Gasteiger partial charge in [-0.25, -0.2) is 15.0 Å². The van der Waals surface area contributed by atoms with Crippen molar-refractivity contribution in [1.82, 2.24) is 15.0 Å². The third-order valence-corrected chi connectivity index (χ3v) is 5.33. The van der Waals surface area contributed by atoms with Crippen molar-refractivity contribution in [2.24, 2.45) is 0 Å². The molecule has 2 aromatic heterocycles. The van der Waals surface area contributed by atoms with Crippen LogP contribution in [0.2, 0.25) is 0 Å². The second-order valence-corrected chi connectivity index (χ2v) is 8.81. The number of benzene rings is 1. The van der Waals surface area contributed by atoms with Gasteiger partial charge >= 0.3 is 0 Å². The largest absolute Gasteiger partial charge is 0.249 e. The molecule has 0 amide bonds. The van der Waals surface area contributed by atoms with Crippen molar-refractivity contribution in [3.05, 3.63) is 52.4 Å². The number of fused-ring (bicyclic) bond motifs is 1. The summed E-state index contributed by atoms with van der Waals surface area (Å²) in [6, 6.07) is 8.12. The first-order valence-corrected chi connectivity index (χ1v) is 8.75. The quantitative estimate of drug-likeness (QED) is 0.687. The van der Waals surface area contributed by atoms with Crippen LogP contribution < -0.4 is 0 Å². The number of rotatable bonds is 3. The number of thiazole rings is 1. The summed E-state index contributed by atoms with van der Waals surface area (Å²) in [7, 11) is 0. The van der Waals surface area contributed by atoms with E-state index in [1.165, 1.54) is 9.88 Å². The normalized spacial score (nSPS) is 12.7. The lowest BCUT2D eigenvalue weighted by molar-refractivity contribution is 0.492. The molecule has 0 N–H and O–H groups in total. The number of aromatic nitrogens is 3. The smallest absolute Gasteiger partial charge is 0.134 e. The average Bonchev–Trinajstić information content (AvgIpc) is 2.94. The van der Waals surface area contributed by atoms with Crippen molar-refractivity contribution in [2.45, 2.75) is 51.9 Å². The molecule has 0 atom stereocenters. The summed E-state index contributed by atoms with van der Waals surface area (Å²) in [5, 5.41) is 2.27. The Hall–Kier alpha value is -1.81. The molecule has 3 aromatic rings. The summed E-state index contributed by atoms with van der Waals surface area (Å²) >= 11 is 1.80. The Labute approximate surface area is 141 Å². The first-order valence-electron chi connectivity index (χ1n) is 7.93. The Morgan fingerprint density at radius 3 is 2.39 bits per heavy atom. The Kier molecular flexibility index (Phi) is 3.96. The van der Waals surface area contributed by atoms with Crippen LogP contribution in [0.5, 0.6) is 0 Å². The van der Waals surface area contributed by atoms with Gasteiger partial charge in [0.25, 0.3) is 0 Å². The van der Waals surface area contributed by atoms with Gasteiger partial charge in [0, 0.05) is 33.5 Å². The van der Waals surface area contributed by atoms with Crippen molar-refractivity contribution in [1.29, 1.82) is 0 Å². The zero-order valence-electron chi connectivity index (χ0n) is 14.4. The molecular weight excluding hydrogens is 302 g/mol. The number of para-hydroxylation sites is 1. The van der Waals surface area contributed by atoms with Gasteiger partial charge < -0.3 is 0 Å². The molecule has 3 rings (SSSR count). The molecule has 0 aliphatic rings. The summed E-state index contributed by atoms with van der Waals surface area (Å²) in [5.74, 6) is 0.891. The summed E-state index contributed by atoms with van der Waals surface area (Å²) < 4.78 is 0. The lowest BCUT2D eigenvalue weighted by atomic mass is 9.87. The van der Waals surface area contributed by atoms with E-state index in [0.29, 0.717) is 0 Å². The molecule has 0 unspecified atom stereocenters. The minimum Gasteiger partial charge on any atom is -0.249 e. The van der Waals surface area contributed by atoms with Crippen molar-refractivity contribution in [3.8, 4) is 0 Å². The maximum atomic E-state index is 4.77. The highest BCUT2D eigenvalue weighted by molar-refractivity contribution is 7.11. The van der Waals surface area contributed by atoms with E-state index in [9.17, 15) is 0 Å². The zero-order valence-corrected chi connectivity index (χ0v) is 15.2. The third kappa shape index (κ3) is 3.42. The Balaban J connectivity index is 1.89. The highest BCUT2D eigenvalue weighted by Gasteiger charge is 2.27. The number of hydrogen-bond donors (Lipinski definition) is 0. The van der Waals surface area contributed by atoms with Crippen LogP contribution in [-0.4, -0.2) is 15.0 Å². The first kappa shape index (κ1) is 16.1. The molecule has 4 heteroatoms. The minimum absolute atomic E-state index is 0.104. The maximum absolute atomic E-state index is 4.77. The average molecular weight is 325 g/mol. The fourth-order valence-corrected chi connectivity index (χ4v) is 3.75. The molecular formula is C19H23N3S. The molecule has 0 spiro atoms. The van der Waals surface area contributed by atoms with Crippen molar-refractivity contribution < 1.29 is 0 Å². The van der Waals surface area contributed by atoms with E-state index in [1.54, 1.807) is 11.3 Å². The molecule has 0 aliphatic heterocycles. The second kappa shape index (κ2) is 5.68. The third-order valence-electron chi connectivity index (χ3n) is 3.91. The van der Waals surface area contributed by atoms with Gasteiger partial charge in [0.15, 0.2) is 0 Å². The maximum Gasteiger partial charge on any atom is 0.134 e. The van der Waals surface area contributed by atoms with Crippen molar-refractivity contribution in [3.63, 3.8) is 0 Å². The van der Waals surface area contributed by atoms with Crippen LogP contribution in [0.1, 0.15) is 50.3 Å². The second-order valence-electron chi connectivity index (χ2n) is 7.69. The molecule has 0 bridgehead atoms. The lowest BCUT2D eigenvalue weighted by Gasteiger charge is -2.22. The van der Waals surface area contributed by atoms with E-state index in [-0.39, 0.29) is 10.8 Å². The van der Waals surface area contributed by atoms with Crippen LogP contribution in [0.3, 0.4) is 0 Å². The summed E-state index contributed by atoms with van der Waals surface area (Å²) in [5.41, 5.74) is 0.989. The summed E-state index contributed by atoms with van der Waals surface area (Å²) in [6.45, 7) is 11.0. The molecule has 23 heavy (non-hydrogen) atoms. The Morgan fingerprint density at radius 1 is 0.957 bits per heavy atom. The summed E-state index contributed by atoms with van der Waals surface area (Å²) in [6.07, 6.45) is 4.83. The Bertz CT molecular complexity index is 828. The molecule has 0 saturated heterocycles. The molecule has 2 heterocycles. The fraction of sp³-hybridized carbons (Fsp3) is 0.421. The number of hydrogen-bond acceptors (Lipinski definition) is 4. The van der Waals surface area contributed by atoms with Gasteiger partial charge in [0.05, 0.1) is 10.5 Å². The van der Waals surface area contributed by atoms with Crippen molar-refractivity contribution >= 4 is 22.2 Å². The molecule has 120 valence electrons. The predicted octanol–water partition coefficient (Wildman–Crippen LogP) is 4.90. The summed E-state index contributed by atoms with van der Waals surface area (Å²) in [4.78, 5) is 15.3. The van der Waals surface area contributed by atoms with E-state index < -0.39 is 0 Å². The van der Waals surface area contributed by atoms with E-state index in [2.05, 4.69) is 44.6 Å². The fourth-order valence-electron chi connectivity index (χ4n) is 2.55. The van der Waals surface area contributed by atoms with Gasteiger partial charge in [-0.1, -0.05) is 52.8 Å². The first-order chi connectivity index (χ1) is 10.8.